The van der Waals surface area contributed by atoms with E-state index in [0.29, 0.717) is 17.2 Å². The van der Waals surface area contributed by atoms with Crippen molar-refractivity contribution in [3.8, 4) is 5.75 Å². The van der Waals surface area contributed by atoms with E-state index in [2.05, 4.69) is 17.4 Å². The molecule has 25 heavy (non-hydrogen) atoms. The Bertz CT molecular complexity index is 744. The van der Waals surface area contributed by atoms with Gasteiger partial charge in [-0.05, 0) is 37.8 Å². The number of benzene rings is 1. The zero-order valence-corrected chi connectivity index (χ0v) is 14.5. The number of ether oxygens (including phenoxy) is 1. The zero-order chi connectivity index (χ0) is 17.8. The second-order valence-corrected chi connectivity index (χ2v) is 6.63. The molecule has 1 aromatic carbocycles. The maximum absolute atomic E-state index is 13.7. The first-order chi connectivity index (χ1) is 12.1. The van der Waals surface area contributed by atoms with Gasteiger partial charge in [-0.15, -0.1) is 0 Å². The summed E-state index contributed by atoms with van der Waals surface area (Å²) in [7, 11) is 0. The third-order valence-electron chi connectivity index (χ3n) is 4.84. The van der Waals surface area contributed by atoms with Gasteiger partial charge < -0.3 is 14.6 Å². The van der Waals surface area contributed by atoms with E-state index in [9.17, 15) is 9.18 Å². The van der Waals surface area contributed by atoms with Crippen LogP contribution in [0.3, 0.4) is 0 Å². The minimum atomic E-state index is -0.446. The fraction of sp³-hybridized carbons (Fsp3) is 0.474. The van der Waals surface area contributed by atoms with Gasteiger partial charge in [0.2, 0.25) is 0 Å². The third kappa shape index (κ3) is 4.00. The van der Waals surface area contributed by atoms with Crippen LogP contribution in [0.15, 0.2) is 28.8 Å². The van der Waals surface area contributed by atoms with Gasteiger partial charge in [-0.1, -0.05) is 37.1 Å². The molecular formula is C19H23FN2O3. The SMILES string of the molecule is Cc1onc(C(=O)NC2CCCCC2C)c1COc1ccccc1F. The van der Waals surface area contributed by atoms with E-state index in [4.69, 9.17) is 9.26 Å². The molecule has 1 aliphatic carbocycles. The molecule has 3 rings (SSSR count). The van der Waals surface area contributed by atoms with Crippen LogP contribution < -0.4 is 10.1 Å². The topological polar surface area (TPSA) is 64.4 Å². The van der Waals surface area contributed by atoms with Crippen LogP contribution in [0.25, 0.3) is 0 Å². The van der Waals surface area contributed by atoms with Crippen LogP contribution in [0.1, 0.15) is 54.4 Å². The van der Waals surface area contributed by atoms with E-state index in [1.807, 2.05) is 0 Å². The number of nitrogens with zero attached hydrogens (tertiary/aromatic N) is 1. The first-order valence-corrected chi connectivity index (χ1v) is 8.69. The van der Waals surface area contributed by atoms with Crippen molar-refractivity contribution >= 4 is 5.91 Å². The van der Waals surface area contributed by atoms with Gasteiger partial charge in [0.05, 0.1) is 5.56 Å². The number of halogens is 1. The predicted octanol–water partition coefficient (Wildman–Crippen LogP) is 4.01. The molecule has 1 N–H and O–H groups in total. The summed E-state index contributed by atoms with van der Waals surface area (Å²) < 4.78 is 24.4. The molecule has 2 unspecified atom stereocenters. The maximum atomic E-state index is 13.7. The Morgan fingerprint density at radius 3 is 2.88 bits per heavy atom. The van der Waals surface area contributed by atoms with Crippen molar-refractivity contribution in [1.29, 1.82) is 0 Å². The Hall–Kier alpha value is -2.37. The second kappa shape index (κ2) is 7.68. The van der Waals surface area contributed by atoms with Crippen LogP contribution in [0.5, 0.6) is 5.75 Å². The highest BCUT2D eigenvalue weighted by molar-refractivity contribution is 5.94. The standard InChI is InChI=1S/C19H23FN2O3/c1-12-7-3-5-9-16(12)21-19(23)18-14(13(2)25-22-18)11-24-17-10-6-4-8-15(17)20/h4,6,8,10,12,16H,3,5,7,9,11H2,1-2H3,(H,21,23). The zero-order valence-electron chi connectivity index (χ0n) is 14.5. The van der Waals surface area contributed by atoms with E-state index >= 15 is 0 Å². The fourth-order valence-electron chi connectivity index (χ4n) is 3.22. The number of aryl methyl sites for hydroxylation is 1. The fourth-order valence-corrected chi connectivity index (χ4v) is 3.22. The van der Waals surface area contributed by atoms with Gasteiger partial charge in [-0.3, -0.25) is 4.79 Å². The number of aromatic nitrogens is 1. The quantitative estimate of drug-likeness (QED) is 0.888. The lowest BCUT2D eigenvalue weighted by molar-refractivity contribution is 0.0899. The number of carbonyl (C=O) groups is 1. The van der Waals surface area contributed by atoms with Crippen LogP contribution in [0, 0.1) is 18.7 Å². The Kier molecular flexibility index (Phi) is 5.36. The monoisotopic (exact) mass is 346 g/mol. The Morgan fingerprint density at radius 1 is 1.36 bits per heavy atom. The number of rotatable bonds is 5. The molecule has 0 aliphatic heterocycles. The Morgan fingerprint density at radius 2 is 2.12 bits per heavy atom. The molecule has 2 atom stereocenters. The van der Waals surface area contributed by atoms with Gasteiger partial charge in [-0.25, -0.2) is 4.39 Å². The molecule has 0 spiro atoms. The summed E-state index contributed by atoms with van der Waals surface area (Å²) in [5, 5.41) is 6.94. The molecule has 1 heterocycles. The molecule has 1 aliphatic rings. The summed E-state index contributed by atoms with van der Waals surface area (Å²) in [5.74, 6) is 0.374. The first-order valence-electron chi connectivity index (χ1n) is 8.69. The summed E-state index contributed by atoms with van der Waals surface area (Å²) in [6, 6.07) is 6.31. The number of amides is 1. The van der Waals surface area contributed by atoms with Crippen LogP contribution in [-0.4, -0.2) is 17.1 Å². The summed E-state index contributed by atoms with van der Waals surface area (Å²) in [5.41, 5.74) is 0.760. The van der Waals surface area contributed by atoms with E-state index in [0.717, 1.165) is 19.3 Å². The lowest BCUT2D eigenvalue weighted by Crippen LogP contribution is -2.41. The van der Waals surface area contributed by atoms with Crippen molar-refractivity contribution < 1.29 is 18.4 Å². The number of carbonyl (C=O) groups excluding carboxylic acids is 1. The normalized spacial score (nSPS) is 20.3. The molecule has 2 aromatic rings. The van der Waals surface area contributed by atoms with Crippen LogP contribution in [0.2, 0.25) is 0 Å². The average molecular weight is 346 g/mol. The van der Waals surface area contributed by atoms with Crippen molar-refractivity contribution in [3.63, 3.8) is 0 Å². The molecule has 6 heteroatoms. The molecule has 134 valence electrons. The number of para-hydroxylation sites is 1. The van der Waals surface area contributed by atoms with Crippen molar-refractivity contribution in [2.75, 3.05) is 0 Å². The number of hydrogen-bond acceptors (Lipinski definition) is 4. The van der Waals surface area contributed by atoms with Crippen LogP contribution >= 0.6 is 0 Å². The van der Waals surface area contributed by atoms with Crippen LogP contribution in [0.4, 0.5) is 4.39 Å². The molecule has 1 fully saturated rings. The van der Waals surface area contributed by atoms with Crippen molar-refractivity contribution in [2.45, 2.75) is 52.2 Å². The molecule has 0 bridgehead atoms. The maximum Gasteiger partial charge on any atom is 0.274 e. The van der Waals surface area contributed by atoms with Crippen LogP contribution in [-0.2, 0) is 6.61 Å². The Balaban J connectivity index is 1.70. The van der Waals surface area contributed by atoms with Gasteiger partial charge in [0.15, 0.2) is 17.3 Å². The number of hydrogen-bond donors (Lipinski definition) is 1. The Labute approximate surface area is 146 Å². The van der Waals surface area contributed by atoms with E-state index in [1.54, 1.807) is 25.1 Å². The van der Waals surface area contributed by atoms with E-state index < -0.39 is 5.82 Å². The molecule has 0 saturated heterocycles. The smallest absolute Gasteiger partial charge is 0.274 e. The first kappa shape index (κ1) is 17.5. The highest BCUT2D eigenvalue weighted by Gasteiger charge is 2.27. The van der Waals surface area contributed by atoms with E-state index in [1.165, 1.54) is 12.5 Å². The summed E-state index contributed by atoms with van der Waals surface area (Å²) in [6.07, 6.45) is 4.42. The minimum absolute atomic E-state index is 0.0270. The highest BCUT2D eigenvalue weighted by Crippen LogP contribution is 2.25. The molecule has 1 saturated carbocycles. The summed E-state index contributed by atoms with van der Waals surface area (Å²) in [6.45, 7) is 3.90. The summed E-state index contributed by atoms with van der Waals surface area (Å²) in [4.78, 5) is 12.6. The second-order valence-electron chi connectivity index (χ2n) is 6.63. The molecule has 1 aromatic heterocycles. The van der Waals surface area contributed by atoms with Crippen molar-refractivity contribution in [2.24, 2.45) is 5.92 Å². The van der Waals surface area contributed by atoms with E-state index in [-0.39, 0.29) is 30.0 Å². The lowest BCUT2D eigenvalue weighted by atomic mass is 9.86. The van der Waals surface area contributed by atoms with Gasteiger partial charge in [-0.2, -0.15) is 0 Å². The average Bonchev–Trinajstić information content (AvgIpc) is 2.97. The number of nitrogens with one attached hydrogen (secondary N) is 1. The molecule has 0 radical (unpaired) electrons. The summed E-state index contributed by atoms with van der Waals surface area (Å²) >= 11 is 0. The van der Waals surface area contributed by atoms with Gasteiger partial charge in [0.1, 0.15) is 12.4 Å². The molecule has 5 nitrogen and oxygen atoms in total. The van der Waals surface area contributed by atoms with Gasteiger partial charge in [0.25, 0.3) is 5.91 Å². The third-order valence-corrected chi connectivity index (χ3v) is 4.84. The molecule has 1 amide bonds. The lowest BCUT2D eigenvalue weighted by Gasteiger charge is -2.29. The van der Waals surface area contributed by atoms with Gasteiger partial charge in [0, 0.05) is 6.04 Å². The van der Waals surface area contributed by atoms with Gasteiger partial charge >= 0.3 is 0 Å². The highest BCUT2D eigenvalue weighted by atomic mass is 19.1. The van der Waals surface area contributed by atoms with Crippen molar-refractivity contribution in [1.82, 2.24) is 10.5 Å². The molecular weight excluding hydrogens is 323 g/mol. The van der Waals surface area contributed by atoms with Crippen molar-refractivity contribution in [3.05, 3.63) is 47.1 Å². The minimum Gasteiger partial charge on any atom is -0.486 e. The predicted molar refractivity (Wildman–Crippen MR) is 90.9 cm³/mol. The largest absolute Gasteiger partial charge is 0.486 e.